The Hall–Kier alpha value is -2.88. The lowest BCUT2D eigenvalue weighted by Gasteiger charge is -2.24. The van der Waals surface area contributed by atoms with Crippen molar-refractivity contribution in [1.29, 1.82) is 0 Å². The summed E-state index contributed by atoms with van der Waals surface area (Å²) < 4.78 is 0. The summed E-state index contributed by atoms with van der Waals surface area (Å²) in [6.45, 7) is 7.15. The highest BCUT2D eigenvalue weighted by Crippen LogP contribution is 2.24. The molecule has 0 aliphatic carbocycles. The van der Waals surface area contributed by atoms with E-state index in [1.165, 1.54) is 5.56 Å². The van der Waals surface area contributed by atoms with Crippen LogP contribution in [0.5, 0.6) is 0 Å². The summed E-state index contributed by atoms with van der Waals surface area (Å²) in [6.07, 6.45) is 0. The van der Waals surface area contributed by atoms with Crippen LogP contribution in [-0.2, 0) is 6.54 Å². The molecule has 0 aliphatic rings. The zero-order valence-electron chi connectivity index (χ0n) is 15.9. The zero-order valence-corrected chi connectivity index (χ0v) is 15.9. The SMILES string of the molecule is CN(Cc1ccccc1)c1nc(NC(C)(C)C)cc(-c2ccccc2)n1. The highest BCUT2D eigenvalue weighted by Gasteiger charge is 2.15. The van der Waals surface area contributed by atoms with Crippen LogP contribution < -0.4 is 10.2 Å². The first-order chi connectivity index (χ1) is 12.4. The van der Waals surface area contributed by atoms with E-state index in [2.05, 4.69) is 67.4 Å². The standard InChI is InChI=1S/C22H26N4/c1-22(2,3)25-20-15-19(18-13-9-6-10-14-18)23-21(24-20)26(4)16-17-11-7-5-8-12-17/h5-15H,16H2,1-4H3,(H,23,24,25). The predicted octanol–water partition coefficient (Wildman–Crippen LogP) is 4.99. The average Bonchev–Trinajstić information content (AvgIpc) is 2.61. The van der Waals surface area contributed by atoms with Crippen molar-refractivity contribution in [2.75, 3.05) is 17.3 Å². The van der Waals surface area contributed by atoms with Gasteiger partial charge in [0.1, 0.15) is 5.82 Å². The number of hydrogen-bond donors (Lipinski definition) is 1. The van der Waals surface area contributed by atoms with Gasteiger partial charge in [0, 0.05) is 30.8 Å². The molecule has 0 bridgehead atoms. The average molecular weight is 346 g/mol. The third-order valence-electron chi connectivity index (χ3n) is 3.89. The summed E-state index contributed by atoms with van der Waals surface area (Å²) in [5, 5.41) is 3.47. The van der Waals surface area contributed by atoms with E-state index in [1.54, 1.807) is 0 Å². The van der Waals surface area contributed by atoms with E-state index < -0.39 is 0 Å². The molecule has 0 aliphatic heterocycles. The van der Waals surface area contributed by atoms with Crippen LogP contribution in [0.2, 0.25) is 0 Å². The molecule has 0 spiro atoms. The molecule has 2 aromatic carbocycles. The van der Waals surface area contributed by atoms with E-state index in [0.717, 1.165) is 23.6 Å². The Kier molecular flexibility index (Phi) is 5.21. The van der Waals surface area contributed by atoms with Crippen molar-refractivity contribution in [3.8, 4) is 11.3 Å². The lowest BCUT2D eigenvalue weighted by Crippen LogP contribution is -2.27. The van der Waals surface area contributed by atoms with Crippen LogP contribution in [-0.4, -0.2) is 22.6 Å². The van der Waals surface area contributed by atoms with Crippen molar-refractivity contribution >= 4 is 11.8 Å². The quantitative estimate of drug-likeness (QED) is 0.706. The highest BCUT2D eigenvalue weighted by atomic mass is 15.2. The summed E-state index contributed by atoms with van der Waals surface area (Å²) >= 11 is 0. The number of benzene rings is 2. The first-order valence-electron chi connectivity index (χ1n) is 8.88. The fourth-order valence-electron chi connectivity index (χ4n) is 2.74. The van der Waals surface area contributed by atoms with Gasteiger partial charge in [-0.25, -0.2) is 4.98 Å². The number of nitrogens with zero attached hydrogens (tertiary/aromatic N) is 3. The zero-order chi connectivity index (χ0) is 18.6. The molecule has 0 unspecified atom stereocenters. The van der Waals surface area contributed by atoms with Gasteiger partial charge in [-0.15, -0.1) is 0 Å². The van der Waals surface area contributed by atoms with Crippen molar-refractivity contribution < 1.29 is 0 Å². The second-order valence-corrected chi connectivity index (χ2v) is 7.52. The van der Waals surface area contributed by atoms with E-state index >= 15 is 0 Å². The molecule has 1 N–H and O–H groups in total. The number of anilines is 2. The van der Waals surface area contributed by atoms with Gasteiger partial charge in [-0.05, 0) is 26.3 Å². The Balaban J connectivity index is 1.96. The fraction of sp³-hybridized carbons (Fsp3) is 0.273. The maximum atomic E-state index is 4.80. The molecule has 0 saturated carbocycles. The van der Waals surface area contributed by atoms with Gasteiger partial charge in [0.25, 0.3) is 0 Å². The summed E-state index contributed by atoms with van der Waals surface area (Å²) in [7, 11) is 2.03. The van der Waals surface area contributed by atoms with Crippen LogP contribution in [0.4, 0.5) is 11.8 Å². The van der Waals surface area contributed by atoms with Crippen molar-refractivity contribution in [2.45, 2.75) is 32.9 Å². The molecule has 1 aromatic heterocycles. The summed E-state index contributed by atoms with van der Waals surface area (Å²) in [4.78, 5) is 11.6. The van der Waals surface area contributed by atoms with Crippen LogP contribution >= 0.6 is 0 Å². The summed E-state index contributed by atoms with van der Waals surface area (Å²) in [6, 6.07) is 22.6. The summed E-state index contributed by atoms with van der Waals surface area (Å²) in [5.74, 6) is 1.54. The Labute approximate surface area is 155 Å². The predicted molar refractivity (Wildman–Crippen MR) is 109 cm³/mol. The van der Waals surface area contributed by atoms with Crippen molar-refractivity contribution in [3.63, 3.8) is 0 Å². The van der Waals surface area contributed by atoms with Gasteiger partial charge >= 0.3 is 0 Å². The maximum Gasteiger partial charge on any atom is 0.227 e. The van der Waals surface area contributed by atoms with E-state index in [0.29, 0.717) is 5.95 Å². The first-order valence-corrected chi connectivity index (χ1v) is 8.88. The van der Waals surface area contributed by atoms with Gasteiger partial charge in [-0.3, -0.25) is 0 Å². The lowest BCUT2D eigenvalue weighted by molar-refractivity contribution is 0.630. The normalized spacial score (nSPS) is 11.2. The van der Waals surface area contributed by atoms with Crippen molar-refractivity contribution in [3.05, 3.63) is 72.3 Å². The van der Waals surface area contributed by atoms with Crippen LogP contribution in [0.3, 0.4) is 0 Å². The molecule has 4 heteroatoms. The van der Waals surface area contributed by atoms with Gasteiger partial charge in [-0.2, -0.15) is 4.98 Å². The van der Waals surface area contributed by atoms with Crippen LogP contribution in [0.15, 0.2) is 66.7 Å². The van der Waals surface area contributed by atoms with E-state index in [4.69, 9.17) is 9.97 Å². The van der Waals surface area contributed by atoms with E-state index in [9.17, 15) is 0 Å². The molecule has 0 radical (unpaired) electrons. The second kappa shape index (κ2) is 7.56. The molecule has 1 heterocycles. The highest BCUT2D eigenvalue weighted by molar-refractivity contribution is 5.64. The van der Waals surface area contributed by atoms with Gasteiger partial charge in [-0.1, -0.05) is 60.7 Å². The van der Waals surface area contributed by atoms with Crippen LogP contribution in [0.25, 0.3) is 11.3 Å². The van der Waals surface area contributed by atoms with Crippen LogP contribution in [0, 0.1) is 0 Å². The van der Waals surface area contributed by atoms with E-state index in [-0.39, 0.29) is 5.54 Å². The monoisotopic (exact) mass is 346 g/mol. The van der Waals surface area contributed by atoms with Crippen LogP contribution in [0.1, 0.15) is 26.3 Å². The first kappa shape index (κ1) is 17.9. The van der Waals surface area contributed by atoms with Gasteiger partial charge < -0.3 is 10.2 Å². The Bertz CT molecular complexity index is 839. The molecule has 0 amide bonds. The molecule has 134 valence electrons. The van der Waals surface area contributed by atoms with Gasteiger partial charge in [0.2, 0.25) is 5.95 Å². The maximum absolute atomic E-state index is 4.80. The molecule has 0 atom stereocenters. The van der Waals surface area contributed by atoms with E-state index in [1.807, 2.05) is 37.4 Å². The van der Waals surface area contributed by atoms with Crippen molar-refractivity contribution in [1.82, 2.24) is 9.97 Å². The topological polar surface area (TPSA) is 41.1 Å². The number of rotatable bonds is 5. The fourth-order valence-corrected chi connectivity index (χ4v) is 2.74. The largest absolute Gasteiger partial charge is 0.365 e. The van der Waals surface area contributed by atoms with Crippen molar-refractivity contribution in [2.24, 2.45) is 0 Å². The molecular formula is C22H26N4. The smallest absolute Gasteiger partial charge is 0.227 e. The molecule has 3 rings (SSSR count). The minimum absolute atomic E-state index is 0.0718. The minimum atomic E-state index is -0.0718. The molecule has 3 aromatic rings. The number of aromatic nitrogens is 2. The van der Waals surface area contributed by atoms with Gasteiger partial charge in [0.15, 0.2) is 0 Å². The molecule has 4 nitrogen and oxygen atoms in total. The third kappa shape index (κ3) is 4.82. The summed E-state index contributed by atoms with van der Waals surface area (Å²) in [5.41, 5.74) is 3.16. The number of hydrogen-bond acceptors (Lipinski definition) is 4. The Morgan fingerprint density at radius 2 is 1.50 bits per heavy atom. The minimum Gasteiger partial charge on any atom is -0.365 e. The second-order valence-electron chi connectivity index (χ2n) is 7.52. The molecule has 26 heavy (non-hydrogen) atoms. The molecular weight excluding hydrogens is 320 g/mol. The molecule has 0 fully saturated rings. The molecule has 0 saturated heterocycles. The lowest BCUT2D eigenvalue weighted by atomic mass is 10.1. The Morgan fingerprint density at radius 1 is 0.885 bits per heavy atom. The third-order valence-corrected chi connectivity index (χ3v) is 3.89. The Morgan fingerprint density at radius 3 is 2.12 bits per heavy atom. The van der Waals surface area contributed by atoms with Gasteiger partial charge in [0.05, 0.1) is 5.69 Å². The number of nitrogens with one attached hydrogen (secondary N) is 1.